The van der Waals surface area contributed by atoms with Gasteiger partial charge in [-0.1, -0.05) is 12.1 Å². The highest BCUT2D eigenvalue weighted by Gasteiger charge is 2.22. The Morgan fingerprint density at radius 3 is 2.00 bits per heavy atom. The molecule has 0 saturated heterocycles. The molecule has 0 aromatic heterocycles. The molecule has 2 aromatic rings. The molecule has 1 N–H and O–H groups in total. The van der Waals surface area contributed by atoms with E-state index in [1.807, 2.05) is 0 Å². The van der Waals surface area contributed by atoms with E-state index in [0.717, 1.165) is 0 Å². The summed E-state index contributed by atoms with van der Waals surface area (Å²) >= 11 is 0. The van der Waals surface area contributed by atoms with Crippen LogP contribution in [0.5, 0.6) is 23.0 Å². The van der Waals surface area contributed by atoms with Gasteiger partial charge in [-0.05, 0) is 19.1 Å². The first-order valence-electron chi connectivity index (χ1n) is 8.40. The lowest BCUT2D eigenvalue weighted by atomic mass is 10.1. The summed E-state index contributed by atoms with van der Waals surface area (Å²) < 4.78 is 26.1. The van der Waals surface area contributed by atoms with Crippen LogP contribution in [0, 0.1) is 0 Å². The molecule has 1 atom stereocenters. The number of hydrogen-bond donors (Lipinski definition) is 1. The second-order valence-corrected chi connectivity index (χ2v) is 5.64. The number of hydrogen-bond acceptors (Lipinski definition) is 7. The van der Waals surface area contributed by atoms with E-state index in [0.29, 0.717) is 23.0 Å². The van der Waals surface area contributed by atoms with Crippen molar-refractivity contribution >= 4 is 17.6 Å². The van der Waals surface area contributed by atoms with Crippen molar-refractivity contribution in [3.63, 3.8) is 0 Å². The van der Waals surface area contributed by atoms with Gasteiger partial charge in [0, 0.05) is 12.1 Å². The lowest BCUT2D eigenvalue weighted by Gasteiger charge is -2.18. The molecular formula is C20H23NO7. The van der Waals surface area contributed by atoms with Gasteiger partial charge in [0.25, 0.3) is 5.91 Å². The van der Waals surface area contributed by atoms with Gasteiger partial charge in [0.1, 0.15) is 0 Å². The first kappa shape index (κ1) is 20.9. The number of esters is 1. The number of amides is 1. The van der Waals surface area contributed by atoms with Gasteiger partial charge < -0.3 is 29.0 Å². The minimum atomic E-state index is -0.866. The molecule has 2 aromatic carbocycles. The van der Waals surface area contributed by atoms with E-state index in [-0.39, 0.29) is 11.3 Å². The molecule has 0 unspecified atom stereocenters. The van der Waals surface area contributed by atoms with Crippen molar-refractivity contribution in [3.8, 4) is 23.0 Å². The second-order valence-electron chi connectivity index (χ2n) is 5.64. The Kier molecular flexibility index (Phi) is 7.08. The fraction of sp³-hybridized carbons (Fsp3) is 0.300. The molecule has 0 radical (unpaired) electrons. The van der Waals surface area contributed by atoms with E-state index in [4.69, 9.17) is 23.7 Å². The molecule has 0 aliphatic heterocycles. The van der Waals surface area contributed by atoms with Crippen LogP contribution in [-0.4, -0.2) is 46.4 Å². The maximum absolute atomic E-state index is 12.6. The first-order valence-corrected chi connectivity index (χ1v) is 8.40. The third kappa shape index (κ3) is 4.64. The summed E-state index contributed by atoms with van der Waals surface area (Å²) in [7, 11) is 5.66. The molecule has 0 spiro atoms. The molecule has 0 aliphatic rings. The van der Waals surface area contributed by atoms with Crippen molar-refractivity contribution in [2.45, 2.75) is 13.0 Å². The van der Waals surface area contributed by atoms with Gasteiger partial charge >= 0.3 is 5.97 Å². The molecule has 0 bridgehead atoms. The molecule has 0 aliphatic carbocycles. The Bertz CT molecular complexity index is 850. The van der Waals surface area contributed by atoms with E-state index in [9.17, 15) is 9.59 Å². The zero-order valence-electron chi connectivity index (χ0n) is 16.4. The molecule has 0 saturated carbocycles. The SMILES string of the molecule is COC(=O)c1cc(OC)c(OC)cc1NC(=O)[C@@H](C)Oc1ccccc1OC. The number of rotatable bonds is 8. The number of benzene rings is 2. The summed E-state index contributed by atoms with van der Waals surface area (Å²) in [6.45, 7) is 1.58. The van der Waals surface area contributed by atoms with Crippen LogP contribution in [0.4, 0.5) is 5.69 Å². The van der Waals surface area contributed by atoms with Gasteiger partial charge in [-0.15, -0.1) is 0 Å². The fourth-order valence-corrected chi connectivity index (χ4v) is 2.46. The maximum atomic E-state index is 12.6. The van der Waals surface area contributed by atoms with Crippen LogP contribution < -0.4 is 24.3 Å². The van der Waals surface area contributed by atoms with Gasteiger partial charge in [0.2, 0.25) is 0 Å². The van der Waals surface area contributed by atoms with Crippen molar-refractivity contribution in [2.24, 2.45) is 0 Å². The predicted molar refractivity (Wildman–Crippen MR) is 103 cm³/mol. The number of ether oxygens (including phenoxy) is 5. The zero-order valence-corrected chi connectivity index (χ0v) is 16.4. The quantitative estimate of drug-likeness (QED) is 0.694. The van der Waals surface area contributed by atoms with Gasteiger partial charge in [0.05, 0.1) is 39.7 Å². The van der Waals surface area contributed by atoms with Crippen LogP contribution in [0.3, 0.4) is 0 Å². The van der Waals surface area contributed by atoms with Crippen LogP contribution in [0.25, 0.3) is 0 Å². The van der Waals surface area contributed by atoms with Crippen molar-refractivity contribution in [3.05, 3.63) is 42.0 Å². The number of para-hydroxylation sites is 2. The molecule has 0 fully saturated rings. The number of carbonyl (C=O) groups is 2. The number of anilines is 1. The number of nitrogens with one attached hydrogen (secondary N) is 1. The Hall–Kier alpha value is -3.42. The predicted octanol–water partition coefficient (Wildman–Crippen LogP) is 2.91. The number of carbonyl (C=O) groups excluding carboxylic acids is 2. The van der Waals surface area contributed by atoms with E-state index >= 15 is 0 Å². The van der Waals surface area contributed by atoms with Crippen LogP contribution in [-0.2, 0) is 9.53 Å². The highest BCUT2D eigenvalue weighted by Crippen LogP contribution is 2.34. The highest BCUT2D eigenvalue weighted by molar-refractivity contribution is 6.03. The monoisotopic (exact) mass is 389 g/mol. The Balaban J connectivity index is 2.27. The highest BCUT2D eigenvalue weighted by atomic mass is 16.5. The molecule has 8 heteroatoms. The molecule has 8 nitrogen and oxygen atoms in total. The van der Waals surface area contributed by atoms with Crippen molar-refractivity contribution in [1.82, 2.24) is 0 Å². The van der Waals surface area contributed by atoms with Crippen molar-refractivity contribution in [1.29, 1.82) is 0 Å². The third-order valence-corrected chi connectivity index (χ3v) is 3.93. The topological polar surface area (TPSA) is 92.3 Å². The smallest absolute Gasteiger partial charge is 0.340 e. The average molecular weight is 389 g/mol. The van der Waals surface area contributed by atoms with Gasteiger partial charge in [-0.3, -0.25) is 4.79 Å². The first-order chi connectivity index (χ1) is 13.4. The molecule has 0 heterocycles. The Labute approximate surface area is 163 Å². The lowest BCUT2D eigenvalue weighted by molar-refractivity contribution is -0.122. The Morgan fingerprint density at radius 1 is 0.857 bits per heavy atom. The van der Waals surface area contributed by atoms with Crippen LogP contribution >= 0.6 is 0 Å². The summed E-state index contributed by atoms with van der Waals surface area (Å²) in [6, 6.07) is 9.91. The molecular weight excluding hydrogens is 366 g/mol. The summed E-state index contributed by atoms with van der Waals surface area (Å²) in [6.07, 6.45) is -0.866. The van der Waals surface area contributed by atoms with E-state index in [1.54, 1.807) is 31.2 Å². The third-order valence-electron chi connectivity index (χ3n) is 3.93. The standard InChI is InChI=1S/C20H23NO7/c1-12(28-16-9-7-6-8-15(16)24-2)19(22)21-14-11-18(26-4)17(25-3)10-13(14)20(23)27-5/h6-12H,1-5H3,(H,21,22)/t12-/m1/s1. The molecule has 2 rings (SSSR count). The molecule has 150 valence electrons. The summed E-state index contributed by atoms with van der Waals surface area (Å²) in [5.41, 5.74) is 0.336. The Morgan fingerprint density at radius 2 is 1.43 bits per heavy atom. The average Bonchev–Trinajstić information content (AvgIpc) is 2.72. The van der Waals surface area contributed by atoms with Crippen molar-refractivity contribution in [2.75, 3.05) is 33.8 Å². The van der Waals surface area contributed by atoms with Gasteiger partial charge in [0.15, 0.2) is 29.1 Å². The van der Waals surface area contributed by atoms with Gasteiger partial charge in [-0.25, -0.2) is 4.79 Å². The lowest BCUT2D eigenvalue weighted by Crippen LogP contribution is -2.31. The summed E-state index contributed by atoms with van der Waals surface area (Å²) in [5.74, 6) is 0.512. The minimum Gasteiger partial charge on any atom is -0.493 e. The zero-order chi connectivity index (χ0) is 20.7. The van der Waals surface area contributed by atoms with Crippen LogP contribution in [0.1, 0.15) is 17.3 Å². The van der Waals surface area contributed by atoms with Crippen LogP contribution in [0.15, 0.2) is 36.4 Å². The minimum absolute atomic E-state index is 0.123. The van der Waals surface area contributed by atoms with E-state index in [2.05, 4.69) is 5.32 Å². The summed E-state index contributed by atoms with van der Waals surface area (Å²) in [4.78, 5) is 24.7. The number of methoxy groups -OCH3 is 4. The van der Waals surface area contributed by atoms with Crippen LogP contribution in [0.2, 0.25) is 0 Å². The van der Waals surface area contributed by atoms with Crippen molar-refractivity contribution < 1.29 is 33.3 Å². The normalized spacial score (nSPS) is 11.2. The van der Waals surface area contributed by atoms with E-state index in [1.165, 1.54) is 40.6 Å². The maximum Gasteiger partial charge on any atom is 0.340 e. The van der Waals surface area contributed by atoms with Gasteiger partial charge in [-0.2, -0.15) is 0 Å². The van der Waals surface area contributed by atoms with E-state index < -0.39 is 18.0 Å². The molecule has 1 amide bonds. The second kappa shape index (κ2) is 9.50. The summed E-state index contributed by atoms with van der Waals surface area (Å²) in [5, 5.41) is 2.67. The molecule has 28 heavy (non-hydrogen) atoms. The fourth-order valence-electron chi connectivity index (χ4n) is 2.46. The largest absolute Gasteiger partial charge is 0.493 e.